The number of nitrogens with zero attached hydrogens (tertiary/aromatic N) is 3. The number of rotatable bonds is 4. The molecule has 0 aliphatic heterocycles. The summed E-state index contributed by atoms with van der Waals surface area (Å²) in [6.07, 6.45) is 14.4. The van der Waals surface area contributed by atoms with Gasteiger partial charge in [0.1, 0.15) is 12.7 Å². The molecule has 0 radical (unpaired) electrons. The predicted molar refractivity (Wildman–Crippen MR) is 64.0 cm³/mol. The van der Waals surface area contributed by atoms with E-state index in [4.69, 9.17) is 0 Å². The fourth-order valence-electron chi connectivity index (χ4n) is 2.07. The summed E-state index contributed by atoms with van der Waals surface area (Å²) < 4.78 is 0. The molecule has 0 spiro atoms. The molecule has 0 atom stereocenters. The first-order valence-electron chi connectivity index (χ1n) is 5.97. The highest BCUT2D eigenvalue weighted by Crippen LogP contribution is 2.24. The Morgan fingerprint density at radius 2 is 1.94 bits per heavy atom. The van der Waals surface area contributed by atoms with E-state index < -0.39 is 0 Å². The molecule has 0 saturated heterocycles. The van der Waals surface area contributed by atoms with Crippen molar-refractivity contribution in [3.8, 4) is 0 Å². The van der Waals surface area contributed by atoms with Crippen LogP contribution in [0.2, 0.25) is 0 Å². The number of anilines is 1. The van der Waals surface area contributed by atoms with E-state index in [0.717, 1.165) is 12.5 Å². The number of hydrogen-bond acceptors (Lipinski definition) is 4. The fraction of sp³-hybridized carbons (Fsp3) is 0.583. The van der Waals surface area contributed by atoms with Gasteiger partial charge in [0.2, 0.25) is 5.95 Å². The van der Waals surface area contributed by atoms with Gasteiger partial charge in [0.05, 0.1) is 0 Å². The molecule has 86 valence electrons. The molecule has 1 saturated carbocycles. The number of nitrogens with one attached hydrogen (secondary N) is 1. The van der Waals surface area contributed by atoms with Crippen molar-refractivity contribution in [2.45, 2.75) is 32.1 Å². The maximum Gasteiger partial charge on any atom is 0.225 e. The Hall–Kier alpha value is -1.45. The van der Waals surface area contributed by atoms with Gasteiger partial charge >= 0.3 is 0 Å². The van der Waals surface area contributed by atoms with Crippen LogP contribution in [0.1, 0.15) is 32.1 Å². The molecule has 1 fully saturated rings. The van der Waals surface area contributed by atoms with E-state index in [0.29, 0.717) is 5.95 Å². The molecule has 1 aliphatic carbocycles. The van der Waals surface area contributed by atoms with Crippen LogP contribution in [0.4, 0.5) is 5.95 Å². The largest absolute Gasteiger partial charge is 0.351 e. The van der Waals surface area contributed by atoms with Gasteiger partial charge in [0, 0.05) is 6.54 Å². The molecular weight excluding hydrogens is 200 g/mol. The summed E-state index contributed by atoms with van der Waals surface area (Å²) in [5, 5.41) is 3.14. The number of hydrogen-bond donors (Lipinski definition) is 1. The molecule has 1 aliphatic rings. The molecular formula is C12H18N4. The third-order valence-corrected chi connectivity index (χ3v) is 2.93. The zero-order chi connectivity index (χ0) is 11.1. The van der Waals surface area contributed by atoms with Crippen molar-refractivity contribution >= 4 is 5.95 Å². The fourth-order valence-corrected chi connectivity index (χ4v) is 2.07. The van der Waals surface area contributed by atoms with Crippen LogP contribution < -0.4 is 5.32 Å². The molecule has 1 heterocycles. The van der Waals surface area contributed by atoms with Gasteiger partial charge in [-0.1, -0.05) is 31.4 Å². The first kappa shape index (κ1) is 11.0. The summed E-state index contributed by atoms with van der Waals surface area (Å²) in [4.78, 5) is 11.8. The van der Waals surface area contributed by atoms with Crippen molar-refractivity contribution < 1.29 is 0 Å². The lowest BCUT2D eigenvalue weighted by Crippen LogP contribution is -2.05. The summed E-state index contributed by atoms with van der Waals surface area (Å²) >= 11 is 0. The summed E-state index contributed by atoms with van der Waals surface area (Å²) in [5.74, 6) is 1.43. The molecule has 1 aromatic heterocycles. The van der Waals surface area contributed by atoms with E-state index in [9.17, 15) is 0 Å². The first-order chi connectivity index (χ1) is 7.95. The molecule has 1 aromatic rings. The van der Waals surface area contributed by atoms with Crippen molar-refractivity contribution in [1.82, 2.24) is 15.0 Å². The van der Waals surface area contributed by atoms with Crippen LogP contribution in [-0.2, 0) is 0 Å². The van der Waals surface area contributed by atoms with Crippen LogP contribution >= 0.6 is 0 Å². The van der Waals surface area contributed by atoms with Crippen LogP contribution in [-0.4, -0.2) is 21.5 Å². The zero-order valence-corrected chi connectivity index (χ0v) is 9.47. The molecule has 0 amide bonds. The summed E-state index contributed by atoms with van der Waals surface area (Å²) in [5.41, 5.74) is 0. The monoisotopic (exact) mass is 218 g/mol. The van der Waals surface area contributed by atoms with E-state index in [1.165, 1.54) is 44.8 Å². The average molecular weight is 218 g/mol. The molecule has 16 heavy (non-hydrogen) atoms. The third kappa shape index (κ3) is 3.61. The minimum absolute atomic E-state index is 0.642. The highest BCUT2D eigenvalue weighted by Gasteiger charge is 2.09. The van der Waals surface area contributed by atoms with Crippen molar-refractivity contribution in [3.05, 3.63) is 24.8 Å². The Balaban J connectivity index is 1.69. The quantitative estimate of drug-likeness (QED) is 0.788. The SMILES string of the molecule is C(=CC1CCCCC1)CNc1ncncn1. The highest BCUT2D eigenvalue weighted by molar-refractivity contribution is 5.22. The van der Waals surface area contributed by atoms with Crippen molar-refractivity contribution in [2.24, 2.45) is 5.92 Å². The standard InChI is InChI=1S/C12H18N4/c1-2-5-11(6-3-1)7-4-8-14-12-15-9-13-10-16-12/h4,7,9-11H,1-3,5-6,8H2,(H,13,14,15,16). The van der Waals surface area contributed by atoms with Gasteiger partial charge < -0.3 is 5.32 Å². The number of aromatic nitrogens is 3. The first-order valence-corrected chi connectivity index (χ1v) is 5.97. The second-order valence-electron chi connectivity index (χ2n) is 4.17. The van der Waals surface area contributed by atoms with Gasteiger partial charge in [0.15, 0.2) is 0 Å². The van der Waals surface area contributed by atoms with E-state index in [2.05, 4.69) is 32.4 Å². The second kappa shape index (κ2) is 6.20. The summed E-state index contributed by atoms with van der Waals surface area (Å²) in [6, 6.07) is 0. The van der Waals surface area contributed by atoms with Crippen LogP contribution in [0, 0.1) is 5.92 Å². The lowest BCUT2D eigenvalue weighted by Gasteiger charge is -2.17. The van der Waals surface area contributed by atoms with Gasteiger partial charge in [0.25, 0.3) is 0 Å². The molecule has 4 nitrogen and oxygen atoms in total. The lowest BCUT2D eigenvalue weighted by molar-refractivity contribution is 0.419. The summed E-state index contributed by atoms with van der Waals surface area (Å²) in [7, 11) is 0. The maximum absolute atomic E-state index is 4.00. The maximum atomic E-state index is 4.00. The molecule has 1 N–H and O–H groups in total. The van der Waals surface area contributed by atoms with Crippen molar-refractivity contribution in [2.75, 3.05) is 11.9 Å². The minimum atomic E-state index is 0.642. The topological polar surface area (TPSA) is 50.7 Å². The molecule has 4 heteroatoms. The molecule has 0 aromatic carbocycles. The summed E-state index contributed by atoms with van der Waals surface area (Å²) in [6.45, 7) is 0.792. The second-order valence-corrected chi connectivity index (χ2v) is 4.17. The Kier molecular flexibility index (Phi) is 4.28. The molecule has 2 rings (SSSR count). The van der Waals surface area contributed by atoms with Gasteiger partial charge in [-0.25, -0.2) is 15.0 Å². The van der Waals surface area contributed by atoms with Gasteiger partial charge in [-0.2, -0.15) is 0 Å². The Bertz CT molecular complexity index is 317. The predicted octanol–water partition coefficient (Wildman–Crippen LogP) is 2.42. The van der Waals surface area contributed by atoms with Crippen LogP contribution in [0.3, 0.4) is 0 Å². The minimum Gasteiger partial charge on any atom is -0.351 e. The van der Waals surface area contributed by atoms with Crippen molar-refractivity contribution in [1.29, 1.82) is 0 Å². The Morgan fingerprint density at radius 1 is 1.19 bits per heavy atom. The van der Waals surface area contributed by atoms with Gasteiger partial charge in [-0.3, -0.25) is 0 Å². The highest BCUT2D eigenvalue weighted by atomic mass is 15.1. The van der Waals surface area contributed by atoms with Crippen LogP contribution in [0.25, 0.3) is 0 Å². The Labute approximate surface area is 96.2 Å². The van der Waals surface area contributed by atoms with E-state index >= 15 is 0 Å². The van der Waals surface area contributed by atoms with E-state index in [1.54, 1.807) is 0 Å². The van der Waals surface area contributed by atoms with E-state index in [1.807, 2.05) is 0 Å². The Morgan fingerprint density at radius 3 is 2.69 bits per heavy atom. The average Bonchev–Trinajstić information content (AvgIpc) is 2.37. The molecule has 0 unspecified atom stereocenters. The number of allylic oxidation sites excluding steroid dienone is 1. The van der Waals surface area contributed by atoms with Crippen LogP contribution in [0.5, 0.6) is 0 Å². The third-order valence-electron chi connectivity index (χ3n) is 2.93. The molecule has 0 bridgehead atoms. The normalized spacial score (nSPS) is 17.8. The van der Waals surface area contributed by atoms with Gasteiger partial charge in [-0.15, -0.1) is 0 Å². The van der Waals surface area contributed by atoms with Crippen LogP contribution in [0.15, 0.2) is 24.8 Å². The smallest absolute Gasteiger partial charge is 0.225 e. The lowest BCUT2D eigenvalue weighted by atomic mass is 9.89. The van der Waals surface area contributed by atoms with E-state index in [-0.39, 0.29) is 0 Å². The van der Waals surface area contributed by atoms with Gasteiger partial charge in [-0.05, 0) is 18.8 Å². The zero-order valence-electron chi connectivity index (χ0n) is 9.47. The van der Waals surface area contributed by atoms with Crippen molar-refractivity contribution in [3.63, 3.8) is 0 Å².